The van der Waals surface area contributed by atoms with Crippen LogP contribution in [-0.2, 0) is 0 Å². The molecule has 0 saturated heterocycles. The highest BCUT2D eigenvalue weighted by molar-refractivity contribution is 5.85. The summed E-state index contributed by atoms with van der Waals surface area (Å²) in [5.41, 5.74) is -0.0267. The second-order valence-electron chi connectivity index (χ2n) is 4.38. The third-order valence-corrected chi connectivity index (χ3v) is 2.78. The van der Waals surface area contributed by atoms with Gasteiger partial charge < -0.3 is 10.4 Å². The molecule has 5 nitrogen and oxygen atoms in total. The Morgan fingerprint density at radius 3 is 2.56 bits per heavy atom. The molecular weight excluding hydrogens is 230 g/mol. The summed E-state index contributed by atoms with van der Waals surface area (Å²) in [7, 11) is 0. The number of rotatable bonds is 8. The summed E-state index contributed by atoms with van der Waals surface area (Å²) in [6.07, 6.45) is 5.65. The summed E-state index contributed by atoms with van der Waals surface area (Å²) >= 11 is 0. The number of unbranched alkanes of at least 4 members (excludes halogenated alkanes) is 1. The van der Waals surface area contributed by atoms with Crippen LogP contribution in [0, 0.1) is 0 Å². The smallest absolute Gasteiger partial charge is 0.356 e. The van der Waals surface area contributed by atoms with Crippen LogP contribution in [0.1, 0.15) is 56.4 Å². The maximum absolute atomic E-state index is 10.7. The lowest BCUT2D eigenvalue weighted by molar-refractivity contribution is 0.0689. The van der Waals surface area contributed by atoms with Crippen molar-refractivity contribution in [3.8, 4) is 0 Å². The van der Waals surface area contributed by atoms with Crippen LogP contribution in [0.5, 0.6) is 0 Å². The maximum atomic E-state index is 10.7. The van der Waals surface area contributed by atoms with Gasteiger partial charge in [0.1, 0.15) is 5.82 Å². The van der Waals surface area contributed by atoms with E-state index in [0.717, 1.165) is 19.3 Å². The first-order valence-corrected chi connectivity index (χ1v) is 6.51. The third-order valence-electron chi connectivity index (χ3n) is 2.78. The first-order valence-electron chi connectivity index (χ1n) is 6.51. The molecule has 0 spiro atoms. The number of aromatic nitrogens is 2. The number of nitrogens with zero attached hydrogens (tertiary/aromatic N) is 2. The van der Waals surface area contributed by atoms with Gasteiger partial charge in [0.25, 0.3) is 0 Å². The van der Waals surface area contributed by atoms with Gasteiger partial charge in [-0.05, 0) is 25.0 Å². The highest BCUT2D eigenvalue weighted by Gasteiger charge is 2.09. The highest BCUT2D eigenvalue weighted by atomic mass is 16.4. The lowest BCUT2D eigenvalue weighted by atomic mass is 10.1. The second-order valence-corrected chi connectivity index (χ2v) is 4.38. The minimum Gasteiger partial charge on any atom is -0.476 e. The van der Waals surface area contributed by atoms with Crippen molar-refractivity contribution >= 4 is 11.8 Å². The fourth-order valence-electron chi connectivity index (χ4n) is 1.82. The van der Waals surface area contributed by atoms with E-state index >= 15 is 0 Å². The first-order chi connectivity index (χ1) is 8.67. The number of nitrogens with one attached hydrogen (secondary N) is 1. The van der Waals surface area contributed by atoms with Crippen LogP contribution in [0.4, 0.5) is 5.82 Å². The van der Waals surface area contributed by atoms with E-state index < -0.39 is 5.97 Å². The Morgan fingerprint density at radius 2 is 2.06 bits per heavy atom. The van der Waals surface area contributed by atoms with Gasteiger partial charge in [-0.2, -0.15) is 0 Å². The van der Waals surface area contributed by atoms with Crippen molar-refractivity contribution in [2.24, 2.45) is 0 Å². The molecule has 100 valence electrons. The molecule has 0 aliphatic rings. The average molecular weight is 251 g/mol. The molecule has 1 atom stereocenters. The molecule has 1 aromatic heterocycles. The summed E-state index contributed by atoms with van der Waals surface area (Å²) < 4.78 is 0. The second kappa shape index (κ2) is 7.63. The van der Waals surface area contributed by atoms with Gasteiger partial charge in [-0.1, -0.05) is 33.1 Å². The predicted octanol–water partition coefficient (Wildman–Crippen LogP) is 2.95. The lowest BCUT2D eigenvalue weighted by Crippen LogP contribution is -2.20. The number of anilines is 1. The predicted molar refractivity (Wildman–Crippen MR) is 70.8 cm³/mol. The van der Waals surface area contributed by atoms with Crippen LogP contribution < -0.4 is 5.32 Å². The first kappa shape index (κ1) is 14.4. The number of carboxylic acids is 1. The van der Waals surface area contributed by atoms with Crippen molar-refractivity contribution in [3.05, 3.63) is 17.8 Å². The van der Waals surface area contributed by atoms with Gasteiger partial charge in [-0.15, -0.1) is 10.2 Å². The van der Waals surface area contributed by atoms with E-state index in [1.807, 2.05) is 0 Å². The number of aromatic carboxylic acids is 1. The topological polar surface area (TPSA) is 75.1 Å². The summed E-state index contributed by atoms with van der Waals surface area (Å²) in [6, 6.07) is 3.53. The number of hydrogen-bond donors (Lipinski definition) is 2. The molecule has 5 heteroatoms. The van der Waals surface area contributed by atoms with Crippen LogP contribution in [-0.4, -0.2) is 27.3 Å². The molecule has 0 fully saturated rings. The van der Waals surface area contributed by atoms with Crippen molar-refractivity contribution in [2.45, 2.75) is 52.0 Å². The van der Waals surface area contributed by atoms with Gasteiger partial charge >= 0.3 is 5.97 Å². The van der Waals surface area contributed by atoms with Crippen molar-refractivity contribution in [1.29, 1.82) is 0 Å². The van der Waals surface area contributed by atoms with Crippen molar-refractivity contribution in [2.75, 3.05) is 5.32 Å². The molecule has 0 aliphatic carbocycles. The van der Waals surface area contributed by atoms with E-state index in [1.165, 1.54) is 18.9 Å². The molecule has 0 bridgehead atoms. The zero-order valence-corrected chi connectivity index (χ0v) is 11.0. The van der Waals surface area contributed by atoms with Crippen molar-refractivity contribution in [1.82, 2.24) is 10.2 Å². The van der Waals surface area contributed by atoms with Gasteiger partial charge in [-0.25, -0.2) is 4.79 Å². The Hall–Kier alpha value is -1.65. The Morgan fingerprint density at radius 1 is 1.28 bits per heavy atom. The zero-order chi connectivity index (χ0) is 13.4. The monoisotopic (exact) mass is 251 g/mol. The Labute approximate surface area is 108 Å². The zero-order valence-electron chi connectivity index (χ0n) is 11.0. The van der Waals surface area contributed by atoms with E-state index in [9.17, 15) is 4.79 Å². The van der Waals surface area contributed by atoms with E-state index in [-0.39, 0.29) is 5.69 Å². The van der Waals surface area contributed by atoms with E-state index in [2.05, 4.69) is 29.4 Å². The minimum atomic E-state index is -1.05. The maximum Gasteiger partial charge on any atom is 0.356 e. The standard InChI is InChI=1S/C13H21N3O2/c1-3-5-7-10(6-4-2)14-12-9-8-11(13(17)18)15-16-12/h8-10H,3-7H2,1-2H3,(H,14,16)(H,17,18). The van der Waals surface area contributed by atoms with Crippen LogP contribution in [0.15, 0.2) is 12.1 Å². The third kappa shape index (κ3) is 4.69. The van der Waals surface area contributed by atoms with Crippen LogP contribution >= 0.6 is 0 Å². The van der Waals surface area contributed by atoms with Gasteiger partial charge in [0.2, 0.25) is 0 Å². The fourth-order valence-corrected chi connectivity index (χ4v) is 1.82. The van der Waals surface area contributed by atoms with E-state index in [1.54, 1.807) is 6.07 Å². The molecule has 0 amide bonds. The molecule has 0 aliphatic heterocycles. The van der Waals surface area contributed by atoms with E-state index in [4.69, 9.17) is 5.11 Å². The largest absolute Gasteiger partial charge is 0.476 e. The number of carbonyl (C=O) groups is 1. The molecular formula is C13H21N3O2. The van der Waals surface area contributed by atoms with Crippen LogP contribution in [0.25, 0.3) is 0 Å². The van der Waals surface area contributed by atoms with Crippen LogP contribution in [0.2, 0.25) is 0 Å². The quantitative estimate of drug-likeness (QED) is 0.743. The van der Waals surface area contributed by atoms with E-state index in [0.29, 0.717) is 11.9 Å². The molecule has 18 heavy (non-hydrogen) atoms. The van der Waals surface area contributed by atoms with Gasteiger partial charge in [0.05, 0.1) is 0 Å². The number of hydrogen-bond acceptors (Lipinski definition) is 4. The molecule has 0 radical (unpaired) electrons. The fraction of sp³-hybridized carbons (Fsp3) is 0.615. The number of carboxylic acid groups (broad SMARTS) is 1. The van der Waals surface area contributed by atoms with Gasteiger partial charge in [0, 0.05) is 6.04 Å². The summed E-state index contributed by atoms with van der Waals surface area (Å²) in [5, 5.41) is 19.6. The molecule has 0 aromatic carbocycles. The van der Waals surface area contributed by atoms with Crippen molar-refractivity contribution < 1.29 is 9.90 Å². The molecule has 1 heterocycles. The Bertz CT molecular complexity index is 365. The van der Waals surface area contributed by atoms with Crippen molar-refractivity contribution in [3.63, 3.8) is 0 Å². The van der Waals surface area contributed by atoms with Gasteiger partial charge in [-0.3, -0.25) is 0 Å². The molecule has 1 aromatic rings. The normalized spacial score (nSPS) is 12.1. The summed E-state index contributed by atoms with van der Waals surface area (Å²) in [5.74, 6) is -0.403. The highest BCUT2D eigenvalue weighted by Crippen LogP contribution is 2.13. The molecule has 1 unspecified atom stereocenters. The lowest BCUT2D eigenvalue weighted by Gasteiger charge is -2.17. The Balaban J connectivity index is 2.59. The molecule has 1 rings (SSSR count). The summed E-state index contributed by atoms with van der Waals surface area (Å²) in [4.78, 5) is 10.7. The molecule has 0 saturated carbocycles. The SMILES string of the molecule is CCCCC(CCC)Nc1ccc(C(=O)O)nn1. The van der Waals surface area contributed by atoms with Crippen LogP contribution in [0.3, 0.4) is 0 Å². The summed E-state index contributed by atoms with van der Waals surface area (Å²) in [6.45, 7) is 4.32. The van der Waals surface area contributed by atoms with Gasteiger partial charge in [0.15, 0.2) is 5.69 Å². The minimum absolute atomic E-state index is 0.0267. The average Bonchev–Trinajstić information content (AvgIpc) is 2.37. The Kier molecular flexibility index (Phi) is 6.11. The molecule has 2 N–H and O–H groups in total.